The van der Waals surface area contributed by atoms with Crippen LogP contribution in [-0.2, 0) is 0 Å². The number of rotatable bonds is 0. The van der Waals surface area contributed by atoms with Gasteiger partial charge in [0.25, 0.3) is 0 Å². The summed E-state index contributed by atoms with van der Waals surface area (Å²) < 4.78 is 2.22. The lowest BCUT2D eigenvalue weighted by Crippen LogP contribution is -2.10. The molecule has 0 atom stereocenters. The Morgan fingerprint density at radius 3 is 2.88 bits per heavy atom. The van der Waals surface area contributed by atoms with Gasteiger partial charge in [-0.25, -0.2) is 0 Å². The molecule has 1 aliphatic rings. The van der Waals surface area contributed by atoms with Gasteiger partial charge in [0.2, 0.25) is 0 Å². The Morgan fingerprint density at radius 2 is 2.50 bits per heavy atom. The molecule has 0 saturated carbocycles. The van der Waals surface area contributed by atoms with Crippen LogP contribution in [0, 0.1) is 0 Å². The van der Waals surface area contributed by atoms with Crippen molar-refractivity contribution in [3.8, 4) is 0 Å². The number of hydrogen-bond acceptors (Lipinski definition) is 1. The summed E-state index contributed by atoms with van der Waals surface area (Å²) in [5, 5.41) is 0. The second-order valence-electron chi connectivity index (χ2n) is 2.20. The van der Waals surface area contributed by atoms with Gasteiger partial charge in [-0.1, -0.05) is 5.57 Å². The molecule has 1 aliphatic heterocycles. The molecule has 0 aliphatic carbocycles. The van der Waals surface area contributed by atoms with E-state index in [-0.39, 0.29) is 0 Å². The zero-order valence-electron chi connectivity index (χ0n) is 5.02. The SMILES string of the molecule is CC1=CN(I)CCC1. The van der Waals surface area contributed by atoms with Crippen molar-refractivity contribution in [2.24, 2.45) is 0 Å². The summed E-state index contributed by atoms with van der Waals surface area (Å²) in [7, 11) is 0. The minimum absolute atomic E-state index is 1.22. The monoisotopic (exact) mass is 223 g/mol. The maximum atomic E-state index is 2.33. The summed E-state index contributed by atoms with van der Waals surface area (Å²) >= 11 is 2.33. The normalized spacial score (nSPS) is 20.8. The van der Waals surface area contributed by atoms with Crippen molar-refractivity contribution in [3.05, 3.63) is 11.8 Å². The highest BCUT2D eigenvalue weighted by Crippen LogP contribution is 2.15. The third kappa shape index (κ3) is 1.65. The minimum Gasteiger partial charge on any atom is -0.322 e. The van der Waals surface area contributed by atoms with Crippen LogP contribution in [0.4, 0.5) is 0 Å². The van der Waals surface area contributed by atoms with E-state index in [1.807, 2.05) is 0 Å². The van der Waals surface area contributed by atoms with Crippen molar-refractivity contribution in [2.45, 2.75) is 19.8 Å². The third-order valence-electron chi connectivity index (χ3n) is 1.30. The molecule has 0 amide bonds. The molecule has 46 valence electrons. The van der Waals surface area contributed by atoms with E-state index in [2.05, 4.69) is 39.1 Å². The van der Waals surface area contributed by atoms with Crippen LogP contribution in [0.3, 0.4) is 0 Å². The molecule has 0 aromatic rings. The molecule has 0 aromatic heterocycles. The van der Waals surface area contributed by atoms with Crippen LogP contribution < -0.4 is 0 Å². The Bertz CT molecular complexity index is 109. The van der Waals surface area contributed by atoms with Crippen molar-refractivity contribution in [1.29, 1.82) is 0 Å². The molecule has 0 fully saturated rings. The van der Waals surface area contributed by atoms with E-state index < -0.39 is 0 Å². The highest BCUT2D eigenvalue weighted by atomic mass is 127. The van der Waals surface area contributed by atoms with Crippen LogP contribution in [0.25, 0.3) is 0 Å². The highest BCUT2D eigenvalue weighted by Gasteiger charge is 2.01. The fraction of sp³-hybridized carbons (Fsp3) is 0.667. The summed E-state index contributed by atoms with van der Waals surface area (Å²) in [6.07, 6.45) is 4.83. The second-order valence-corrected chi connectivity index (χ2v) is 3.44. The zero-order valence-corrected chi connectivity index (χ0v) is 7.18. The van der Waals surface area contributed by atoms with Gasteiger partial charge in [-0.2, -0.15) is 0 Å². The lowest BCUT2D eigenvalue weighted by molar-refractivity contribution is 0.576. The molecule has 0 N–H and O–H groups in total. The Morgan fingerprint density at radius 1 is 1.75 bits per heavy atom. The Balaban J connectivity index is 2.50. The highest BCUT2D eigenvalue weighted by molar-refractivity contribution is 14.1. The first kappa shape index (κ1) is 6.39. The van der Waals surface area contributed by atoms with Gasteiger partial charge in [0.05, 0.1) is 22.9 Å². The van der Waals surface area contributed by atoms with E-state index in [0.717, 1.165) is 0 Å². The topological polar surface area (TPSA) is 3.24 Å². The van der Waals surface area contributed by atoms with Crippen molar-refractivity contribution in [1.82, 2.24) is 3.11 Å². The van der Waals surface area contributed by atoms with Gasteiger partial charge in [0.1, 0.15) is 0 Å². The predicted molar refractivity (Wildman–Crippen MR) is 43.7 cm³/mol. The van der Waals surface area contributed by atoms with Gasteiger partial charge in [0.15, 0.2) is 0 Å². The molecule has 8 heavy (non-hydrogen) atoms. The van der Waals surface area contributed by atoms with Crippen LogP contribution >= 0.6 is 22.9 Å². The average molecular weight is 223 g/mol. The quantitative estimate of drug-likeness (QED) is 0.450. The van der Waals surface area contributed by atoms with Crippen molar-refractivity contribution in [3.63, 3.8) is 0 Å². The van der Waals surface area contributed by atoms with Gasteiger partial charge in [-0.15, -0.1) is 0 Å². The van der Waals surface area contributed by atoms with Crippen molar-refractivity contribution < 1.29 is 0 Å². The van der Waals surface area contributed by atoms with E-state index in [9.17, 15) is 0 Å². The largest absolute Gasteiger partial charge is 0.322 e. The minimum atomic E-state index is 1.22. The van der Waals surface area contributed by atoms with Crippen molar-refractivity contribution in [2.75, 3.05) is 6.54 Å². The molecule has 1 nitrogen and oxygen atoms in total. The average Bonchev–Trinajstić information content (AvgIpc) is 1.64. The molecule has 2 heteroatoms. The fourth-order valence-corrected chi connectivity index (χ4v) is 1.69. The molecule has 0 spiro atoms. The van der Waals surface area contributed by atoms with Crippen LogP contribution in [0.15, 0.2) is 11.8 Å². The van der Waals surface area contributed by atoms with Gasteiger partial charge in [0, 0.05) is 12.7 Å². The summed E-state index contributed by atoms with van der Waals surface area (Å²) in [4.78, 5) is 0. The molecule has 1 rings (SSSR count). The lowest BCUT2D eigenvalue weighted by Gasteiger charge is -2.17. The number of nitrogens with zero attached hydrogens (tertiary/aromatic N) is 1. The first-order chi connectivity index (χ1) is 3.79. The molecule has 0 radical (unpaired) electrons. The molecule has 0 aromatic carbocycles. The zero-order chi connectivity index (χ0) is 5.98. The van der Waals surface area contributed by atoms with E-state index in [4.69, 9.17) is 0 Å². The molecule has 0 unspecified atom stereocenters. The fourth-order valence-electron chi connectivity index (χ4n) is 0.877. The van der Waals surface area contributed by atoms with E-state index in [1.165, 1.54) is 25.0 Å². The molecule has 0 saturated heterocycles. The maximum absolute atomic E-state index is 2.33. The van der Waals surface area contributed by atoms with Crippen LogP contribution in [0.1, 0.15) is 19.8 Å². The Hall–Kier alpha value is 0.270. The molecular weight excluding hydrogens is 213 g/mol. The smallest absolute Gasteiger partial charge is 0.0586 e. The van der Waals surface area contributed by atoms with Gasteiger partial charge in [-0.3, -0.25) is 0 Å². The maximum Gasteiger partial charge on any atom is 0.0586 e. The molecule has 1 heterocycles. The van der Waals surface area contributed by atoms with Gasteiger partial charge in [-0.05, 0) is 19.8 Å². The molecular formula is C6H10IN. The number of hydrogen-bond donors (Lipinski definition) is 0. The number of halogens is 1. The standard InChI is InChI=1S/C6H10IN/c1-6-3-2-4-8(7)5-6/h5H,2-4H2,1H3. The van der Waals surface area contributed by atoms with Gasteiger partial charge < -0.3 is 3.11 Å². The first-order valence-electron chi connectivity index (χ1n) is 2.89. The Labute approximate surface area is 64.2 Å². The van der Waals surface area contributed by atoms with E-state index in [0.29, 0.717) is 0 Å². The number of allylic oxidation sites excluding steroid dienone is 1. The van der Waals surface area contributed by atoms with Crippen LogP contribution in [0.2, 0.25) is 0 Å². The predicted octanol–water partition coefficient (Wildman–Crippen LogP) is 2.34. The summed E-state index contributed by atoms with van der Waals surface area (Å²) in [5.41, 5.74) is 1.51. The van der Waals surface area contributed by atoms with E-state index >= 15 is 0 Å². The first-order valence-corrected chi connectivity index (χ1v) is 3.85. The Kier molecular flexibility index (Phi) is 2.16. The van der Waals surface area contributed by atoms with Crippen LogP contribution in [-0.4, -0.2) is 9.66 Å². The second kappa shape index (κ2) is 2.71. The lowest BCUT2D eigenvalue weighted by atomic mass is 10.1. The third-order valence-corrected chi connectivity index (χ3v) is 2.06. The molecule has 0 bridgehead atoms. The summed E-state index contributed by atoms with van der Waals surface area (Å²) in [6, 6.07) is 0. The summed E-state index contributed by atoms with van der Waals surface area (Å²) in [5.74, 6) is 0. The summed E-state index contributed by atoms with van der Waals surface area (Å²) in [6.45, 7) is 3.41. The van der Waals surface area contributed by atoms with Crippen molar-refractivity contribution >= 4 is 22.9 Å². The van der Waals surface area contributed by atoms with Gasteiger partial charge >= 0.3 is 0 Å². The van der Waals surface area contributed by atoms with Crippen LogP contribution in [0.5, 0.6) is 0 Å². The van der Waals surface area contributed by atoms with E-state index in [1.54, 1.807) is 0 Å².